The largest absolute Gasteiger partial charge is 0.506 e. The van der Waals surface area contributed by atoms with E-state index in [4.69, 9.17) is 5.73 Å². The number of piperidine rings is 1. The maximum Gasteiger partial charge on any atom is 0.269 e. The Morgan fingerprint density at radius 3 is 2.34 bits per heavy atom. The van der Waals surface area contributed by atoms with Crippen LogP contribution in [0.5, 0.6) is 5.75 Å². The number of benzene rings is 3. The number of rotatable bonds is 6. The Hall–Kier alpha value is -5.58. The zero-order chi connectivity index (χ0) is 32.9. The van der Waals surface area contributed by atoms with E-state index in [-0.39, 0.29) is 44.6 Å². The predicted octanol–water partition coefficient (Wildman–Crippen LogP) is 5.58. The van der Waals surface area contributed by atoms with E-state index in [2.05, 4.69) is 10.1 Å². The third-order valence-electron chi connectivity index (χ3n) is 8.39. The number of nitrogens with two attached hydrogens (primary N) is 1. The monoisotopic (exact) mass is 651 g/mol. The number of phenols is 1. The molecule has 0 radical (unpaired) electrons. The Bertz CT molecular complexity index is 2270. The second-order valence-corrected chi connectivity index (χ2v) is 13.1. The lowest BCUT2D eigenvalue weighted by Crippen LogP contribution is -2.40. The van der Waals surface area contributed by atoms with Crippen molar-refractivity contribution in [2.45, 2.75) is 23.8 Å². The number of nitriles is 1. The Kier molecular flexibility index (Phi) is 7.46. The fourth-order valence-electron chi connectivity index (χ4n) is 6.07. The van der Waals surface area contributed by atoms with Gasteiger partial charge in [-0.2, -0.15) is 10.4 Å². The van der Waals surface area contributed by atoms with Crippen LogP contribution in [0, 0.1) is 23.0 Å². The van der Waals surface area contributed by atoms with E-state index < -0.39 is 21.7 Å². The molecule has 3 N–H and O–H groups in total. The first-order valence-corrected chi connectivity index (χ1v) is 16.2. The van der Waals surface area contributed by atoms with E-state index >= 15 is 0 Å². The minimum atomic E-state index is -4.29. The first-order valence-electron chi connectivity index (χ1n) is 14.7. The molecular formula is C34H27F2N7O3S. The Morgan fingerprint density at radius 2 is 1.68 bits per heavy atom. The molecule has 1 aliphatic rings. The van der Waals surface area contributed by atoms with Gasteiger partial charge in [0.25, 0.3) is 10.0 Å². The van der Waals surface area contributed by atoms with Gasteiger partial charge in [0.15, 0.2) is 5.65 Å². The van der Waals surface area contributed by atoms with E-state index in [1.165, 1.54) is 42.7 Å². The highest BCUT2D eigenvalue weighted by molar-refractivity contribution is 7.90. The van der Waals surface area contributed by atoms with E-state index in [0.29, 0.717) is 48.3 Å². The molecule has 3 aromatic heterocycles. The average Bonchev–Trinajstić information content (AvgIpc) is 3.74. The zero-order valence-electron chi connectivity index (χ0n) is 24.8. The van der Waals surface area contributed by atoms with Crippen molar-refractivity contribution in [3.05, 3.63) is 109 Å². The fraction of sp³-hybridized carbons (Fsp3) is 0.147. The van der Waals surface area contributed by atoms with Gasteiger partial charge >= 0.3 is 0 Å². The van der Waals surface area contributed by atoms with Crippen LogP contribution in [-0.4, -0.2) is 51.4 Å². The summed E-state index contributed by atoms with van der Waals surface area (Å²) < 4.78 is 60.4. The fourth-order valence-corrected chi connectivity index (χ4v) is 7.38. The van der Waals surface area contributed by atoms with E-state index in [1.54, 1.807) is 47.4 Å². The predicted molar refractivity (Wildman–Crippen MR) is 172 cm³/mol. The molecule has 0 spiro atoms. The summed E-state index contributed by atoms with van der Waals surface area (Å²) in [5.74, 6) is -1.92. The van der Waals surface area contributed by atoms with Crippen molar-refractivity contribution in [3.63, 3.8) is 0 Å². The number of phenolic OH excluding ortho intramolecular Hbond substituents is 1. The summed E-state index contributed by atoms with van der Waals surface area (Å²) in [5, 5.41) is 25.4. The lowest BCUT2D eigenvalue weighted by molar-refractivity contribution is 0.475. The van der Waals surface area contributed by atoms with Gasteiger partial charge in [0.1, 0.15) is 23.5 Å². The molecule has 0 aliphatic carbocycles. The maximum absolute atomic E-state index is 14.6. The minimum Gasteiger partial charge on any atom is -0.506 e. The van der Waals surface area contributed by atoms with E-state index in [1.807, 2.05) is 11.0 Å². The molecule has 0 unspecified atom stereocenters. The molecule has 3 aromatic carbocycles. The van der Waals surface area contributed by atoms with Crippen molar-refractivity contribution in [3.8, 4) is 39.8 Å². The van der Waals surface area contributed by atoms with Crippen molar-refractivity contribution in [1.29, 1.82) is 5.26 Å². The summed E-state index contributed by atoms with van der Waals surface area (Å²) in [4.78, 5) is 6.55. The van der Waals surface area contributed by atoms with Gasteiger partial charge in [-0.3, -0.25) is 0 Å². The van der Waals surface area contributed by atoms with Gasteiger partial charge in [-0.05, 0) is 66.9 Å². The number of hydrogen-bond acceptors (Lipinski definition) is 8. The lowest BCUT2D eigenvalue weighted by atomic mass is 9.95. The molecular weight excluding hydrogens is 624 g/mol. The molecule has 0 saturated carbocycles. The zero-order valence-corrected chi connectivity index (χ0v) is 25.6. The van der Waals surface area contributed by atoms with Crippen LogP contribution in [0.2, 0.25) is 0 Å². The third kappa shape index (κ3) is 5.27. The summed E-state index contributed by atoms with van der Waals surface area (Å²) >= 11 is 0. The van der Waals surface area contributed by atoms with Gasteiger partial charge < -0.3 is 15.7 Å². The van der Waals surface area contributed by atoms with E-state index in [9.17, 15) is 27.6 Å². The number of pyridine rings is 1. The van der Waals surface area contributed by atoms with Gasteiger partial charge in [0.2, 0.25) is 0 Å². The molecule has 1 saturated heterocycles. The van der Waals surface area contributed by atoms with E-state index in [0.717, 1.165) is 10.0 Å². The molecule has 0 bridgehead atoms. The first-order chi connectivity index (χ1) is 22.7. The molecule has 7 rings (SSSR count). The lowest BCUT2D eigenvalue weighted by Gasteiger charge is -2.34. The molecule has 1 fully saturated rings. The summed E-state index contributed by atoms with van der Waals surface area (Å²) in [5.41, 5.74) is 8.40. The molecule has 0 amide bonds. The summed E-state index contributed by atoms with van der Waals surface area (Å²) in [6, 6.07) is 17.6. The van der Waals surface area contributed by atoms with Crippen molar-refractivity contribution in [1.82, 2.24) is 18.7 Å². The quantitative estimate of drug-likeness (QED) is 0.238. The number of fused-ring (bicyclic) bond motifs is 1. The number of hydrogen-bond donors (Lipinski definition) is 2. The molecule has 4 heterocycles. The van der Waals surface area contributed by atoms with Gasteiger partial charge in [-0.25, -0.2) is 30.8 Å². The normalized spacial score (nSPS) is 14.0. The second kappa shape index (κ2) is 11.7. The second-order valence-electron chi connectivity index (χ2n) is 11.3. The average molecular weight is 652 g/mol. The highest BCUT2D eigenvalue weighted by Gasteiger charge is 2.30. The number of aromatic hydroxyl groups is 1. The number of halogens is 2. The van der Waals surface area contributed by atoms with Gasteiger partial charge in [0.05, 0.1) is 27.2 Å². The summed E-state index contributed by atoms with van der Waals surface area (Å²) in [7, 11) is -4.29. The number of nitrogens with zero attached hydrogens (tertiary/aromatic N) is 6. The first kappa shape index (κ1) is 30.1. The number of aromatic nitrogens is 4. The molecule has 47 heavy (non-hydrogen) atoms. The van der Waals surface area contributed by atoms with Crippen LogP contribution in [0.15, 0.2) is 96.4 Å². The molecule has 1 aliphatic heterocycles. The Labute approximate surface area is 268 Å². The number of anilines is 1. The SMILES string of the molecule is N#Cc1cccc(-c2cn(S(=O)(=O)c3ccc(-n4cccn4)cc3)c3ncc(-c4cc(F)cc(F)c4)c(N4CCC(N)CC4)c23)c1O. The standard InChI is InChI=1S/C34H27F2N7O3S/c35-23-15-22(16-24(36)17-23)29-19-39-34-31(32(29)41-13-9-25(38)10-14-41)30(28-4-1-3-21(18-37)33(28)44)20-43(34)47(45,46)27-7-5-26(6-8-27)42-12-2-11-40-42/h1-8,11-12,15-17,19-20,25,44H,9-10,13-14,38H2. The van der Waals surface area contributed by atoms with Crippen LogP contribution in [0.4, 0.5) is 14.5 Å². The van der Waals surface area contributed by atoms with Gasteiger partial charge in [0, 0.05) is 66.7 Å². The third-order valence-corrected chi connectivity index (χ3v) is 10.1. The summed E-state index contributed by atoms with van der Waals surface area (Å²) in [6.45, 7) is 0.948. The summed E-state index contributed by atoms with van der Waals surface area (Å²) in [6.07, 6.45) is 7.35. The van der Waals surface area contributed by atoms with Gasteiger partial charge in [-0.15, -0.1) is 0 Å². The smallest absolute Gasteiger partial charge is 0.269 e. The number of para-hydroxylation sites is 1. The van der Waals surface area contributed by atoms with Crippen LogP contribution >= 0.6 is 0 Å². The van der Waals surface area contributed by atoms with Gasteiger partial charge in [-0.1, -0.05) is 12.1 Å². The van der Waals surface area contributed by atoms with Crippen molar-refractivity contribution >= 4 is 26.7 Å². The topological polar surface area (TPSA) is 143 Å². The molecule has 10 nitrogen and oxygen atoms in total. The van der Waals surface area contributed by atoms with Crippen LogP contribution in [-0.2, 0) is 10.0 Å². The Balaban J connectivity index is 1.53. The van der Waals surface area contributed by atoms with Crippen LogP contribution in [0.25, 0.3) is 39.0 Å². The van der Waals surface area contributed by atoms with Crippen molar-refractivity contribution in [2.75, 3.05) is 18.0 Å². The van der Waals surface area contributed by atoms with Crippen LogP contribution in [0.3, 0.4) is 0 Å². The van der Waals surface area contributed by atoms with Crippen LogP contribution < -0.4 is 10.6 Å². The minimum absolute atomic E-state index is 0.0118. The highest BCUT2D eigenvalue weighted by atomic mass is 32.2. The maximum atomic E-state index is 14.6. The van der Waals surface area contributed by atoms with Crippen molar-refractivity contribution < 1.29 is 22.3 Å². The highest BCUT2D eigenvalue weighted by Crippen LogP contribution is 2.46. The Morgan fingerprint density at radius 1 is 0.957 bits per heavy atom. The molecule has 6 aromatic rings. The molecule has 236 valence electrons. The van der Waals surface area contributed by atoms with Crippen LogP contribution in [0.1, 0.15) is 18.4 Å². The molecule has 0 atom stereocenters. The molecule has 13 heteroatoms. The van der Waals surface area contributed by atoms with Crippen molar-refractivity contribution in [2.24, 2.45) is 5.73 Å².